The minimum absolute atomic E-state index is 0.0661. The maximum atomic E-state index is 11.9. The van der Waals surface area contributed by atoms with Crippen molar-refractivity contribution >= 4 is 17.4 Å². The van der Waals surface area contributed by atoms with Crippen LogP contribution in [0.25, 0.3) is 0 Å². The number of carbonyl (C=O) groups excluding carboxylic acids is 1. The van der Waals surface area contributed by atoms with Gasteiger partial charge in [-0.1, -0.05) is 0 Å². The maximum absolute atomic E-state index is 11.9. The van der Waals surface area contributed by atoms with Gasteiger partial charge in [0.25, 0.3) is 0 Å². The van der Waals surface area contributed by atoms with Gasteiger partial charge in [0, 0.05) is 39.4 Å². The largest absolute Gasteiger partial charge is 0.372 e. The lowest BCUT2D eigenvalue weighted by Gasteiger charge is -2.33. The summed E-state index contributed by atoms with van der Waals surface area (Å²) in [6.07, 6.45) is 2.57. The van der Waals surface area contributed by atoms with Crippen LogP contribution in [-0.4, -0.2) is 38.1 Å². The molecule has 1 saturated heterocycles. The minimum atomic E-state index is 0.0661. The number of hydrogen-bond acceptors (Lipinski definition) is 2. The lowest BCUT2D eigenvalue weighted by Crippen LogP contribution is -2.42. The molecule has 0 aromatic heterocycles. The Bertz CT molecular complexity index is 480. The predicted octanol–water partition coefficient (Wildman–Crippen LogP) is 2.29. The molecule has 2 aliphatic heterocycles. The highest BCUT2D eigenvalue weighted by atomic mass is 16.2. The zero-order valence-electron chi connectivity index (χ0n) is 11.0. The molecule has 2 heterocycles. The predicted molar refractivity (Wildman–Crippen MR) is 73.2 cm³/mol. The number of amides is 2. The molecule has 4 heteroatoms. The molecule has 0 unspecified atom stereocenters. The highest BCUT2D eigenvalue weighted by Gasteiger charge is 2.25. The molecule has 0 atom stereocenters. The Morgan fingerprint density at radius 3 is 2.56 bits per heavy atom. The fourth-order valence-electron chi connectivity index (χ4n) is 2.88. The number of nitrogens with zero attached hydrogens (tertiary/aromatic N) is 3. The number of benzene rings is 1. The summed E-state index contributed by atoms with van der Waals surface area (Å²) in [5.41, 5.74) is 3.58. The van der Waals surface area contributed by atoms with E-state index in [1.165, 1.54) is 24.1 Å². The van der Waals surface area contributed by atoms with Gasteiger partial charge in [-0.25, -0.2) is 4.79 Å². The molecule has 0 saturated carbocycles. The zero-order valence-corrected chi connectivity index (χ0v) is 11.0. The average molecular weight is 245 g/mol. The van der Waals surface area contributed by atoms with E-state index in [9.17, 15) is 4.79 Å². The smallest absolute Gasteiger partial charge is 0.324 e. The molecule has 1 fully saturated rings. The number of carbonyl (C=O) groups is 1. The van der Waals surface area contributed by atoms with Gasteiger partial charge in [-0.05, 0) is 36.6 Å². The third-order valence-electron chi connectivity index (χ3n) is 3.92. The van der Waals surface area contributed by atoms with Crippen molar-refractivity contribution < 1.29 is 4.79 Å². The lowest BCUT2D eigenvalue weighted by atomic mass is 10.1. The van der Waals surface area contributed by atoms with Gasteiger partial charge < -0.3 is 9.80 Å². The second-order valence-corrected chi connectivity index (χ2v) is 5.20. The van der Waals surface area contributed by atoms with Crippen molar-refractivity contribution in [3.05, 3.63) is 23.8 Å². The summed E-state index contributed by atoms with van der Waals surface area (Å²) >= 11 is 0. The monoisotopic (exact) mass is 245 g/mol. The van der Waals surface area contributed by atoms with Gasteiger partial charge in [0.2, 0.25) is 0 Å². The molecular formula is C14H19N3O. The van der Waals surface area contributed by atoms with Gasteiger partial charge >= 0.3 is 6.03 Å². The molecule has 1 aromatic carbocycles. The third-order valence-corrected chi connectivity index (χ3v) is 3.92. The minimum Gasteiger partial charge on any atom is -0.372 e. The van der Waals surface area contributed by atoms with Crippen LogP contribution >= 0.6 is 0 Å². The Hall–Kier alpha value is -1.71. The topological polar surface area (TPSA) is 26.8 Å². The number of rotatable bonds is 1. The first-order chi connectivity index (χ1) is 8.66. The number of anilines is 2. The average Bonchev–Trinajstić information content (AvgIpc) is 2.89. The van der Waals surface area contributed by atoms with Crippen LogP contribution in [0, 0.1) is 0 Å². The molecule has 1 aromatic rings. The van der Waals surface area contributed by atoms with E-state index >= 15 is 0 Å². The lowest BCUT2D eigenvalue weighted by molar-refractivity contribution is 0.212. The van der Waals surface area contributed by atoms with E-state index in [0.717, 1.165) is 18.8 Å². The molecule has 2 aliphatic rings. The quantitative estimate of drug-likeness (QED) is 0.759. The van der Waals surface area contributed by atoms with E-state index in [1.54, 1.807) is 9.80 Å². The molecule has 4 nitrogen and oxygen atoms in total. The van der Waals surface area contributed by atoms with Crippen molar-refractivity contribution in [2.75, 3.05) is 37.0 Å². The second-order valence-electron chi connectivity index (χ2n) is 5.20. The van der Waals surface area contributed by atoms with Crippen LogP contribution in [0.1, 0.15) is 18.4 Å². The van der Waals surface area contributed by atoms with Crippen molar-refractivity contribution in [1.29, 1.82) is 0 Å². The Balaban J connectivity index is 1.95. The van der Waals surface area contributed by atoms with Gasteiger partial charge in [0.1, 0.15) is 0 Å². The van der Waals surface area contributed by atoms with Gasteiger partial charge in [-0.3, -0.25) is 4.90 Å². The van der Waals surface area contributed by atoms with Gasteiger partial charge in [-0.15, -0.1) is 0 Å². The molecule has 96 valence electrons. The normalized spacial score (nSPS) is 19.4. The standard InChI is InChI=1S/C14H19N3O/c1-15-10-11-9-12(17-7-3-4-8-17)5-6-13(11)16(2)14(15)18/h5-6,9H,3-4,7-8,10H2,1-2H3. The van der Waals surface area contributed by atoms with Crippen LogP contribution in [0.3, 0.4) is 0 Å². The Kier molecular flexibility index (Phi) is 2.65. The van der Waals surface area contributed by atoms with E-state index < -0.39 is 0 Å². The van der Waals surface area contributed by atoms with E-state index in [-0.39, 0.29) is 6.03 Å². The Labute approximate surface area is 108 Å². The third kappa shape index (κ3) is 1.72. The van der Waals surface area contributed by atoms with E-state index in [0.29, 0.717) is 6.54 Å². The van der Waals surface area contributed by atoms with Crippen LogP contribution in [-0.2, 0) is 6.54 Å². The van der Waals surface area contributed by atoms with Crippen LogP contribution in [0.5, 0.6) is 0 Å². The van der Waals surface area contributed by atoms with Crippen molar-refractivity contribution in [2.24, 2.45) is 0 Å². The van der Waals surface area contributed by atoms with Crippen molar-refractivity contribution in [3.63, 3.8) is 0 Å². The van der Waals surface area contributed by atoms with Crippen molar-refractivity contribution in [1.82, 2.24) is 4.90 Å². The molecule has 0 radical (unpaired) electrons. The van der Waals surface area contributed by atoms with Gasteiger partial charge in [0.05, 0.1) is 5.69 Å². The van der Waals surface area contributed by atoms with E-state index in [4.69, 9.17) is 0 Å². The van der Waals surface area contributed by atoms with Crippen molar-refractivity contribution in [3.8, 4) is 0 Å². The molecule has 0 aliphatic carbocycles. The molecule has 3 rings (SSSR count). The van der Waals surface area contributed by atoms with Crippen molar-refractivity contribution in [2.45, 2.75) is 19.4 Å². The summed E-state index contributed by atoms with van der Waals surface area (Å²) in [6.45, 7) is 3.02. The summed E-state index contributed by atoms with van der Waals surface area (Å²) in [6, 6.07) is 6.52. The molecule has 18 heavy (non-hydrogen) atoms. The first kappa shape index (κ1) is 11.4. The van der Waals surface area contributed by atoms with E-state index in [2.05, 4.69) is 23.1 Å². The highest BCUT2D eigenvalue weighted by molar-refractivity contribution is 5.94. The fourth-order valence-corrected chi connectivity index (χ4v) is 2.88. The second kappa shape index (κ2) is 4.19. The summed E-state index contributed by atoms with van der Waals surface area (Å²) in [7, 11) is 3.69. The molecule has 0 N–H and O–H groups in total. The summed E-state index contributed by atoms with van der Waals surface area (Å²) in [4.78, 5) is 17.8. The summed E-state index contributed by atoms with van der Waals surface area (Å²) < 4.78 is 0. The maximum Gasteiger partial charge on any atom is 0.324 e. The van der Waals surface area contributed by atoms with Crippen LogP contribution in [0.2, 0.25) is 0 Å². The van der Waals surface area contributed by atoms with Crippen LogP contribution in [0.15, 0.2) is 18.2 Å². The molecule has 0 bridgehead atoms. The van der Waals surface area contributed by atoms with Crippen LogP contribution in [0.4, 0.5) is 16.2 Å². The number of fused-ring (bicyclic) bond motifs is 1. The molecular weight excluding hydrogens is 226 g/mol. The summed E-state index contributed by atoms with van der Waals surface area (Å²) in [5, 5.41) is 0. The van der Waals surface area contributed by atoms with E-state index in [1.807, 2.05) is 14.1 Å². The van der Waals surface area contributed by atoms with Gasteiger partial charge in [-0.2, -0.15) is 0 Å². The number of hydrogen-bond donors (Lipinski definition) is 0. The van der Waals surface area contributed by atoms with Crippen LogP contribution < -0.4 is 9.80 Å². The zero-order chi connectivity index (χ0) is 12.7. The first-order valence-corrected chi connectivity index (χ1v) is 6.53. The Morgan fingerprint density at radius 1 is 1.11 bits per heavy atom. The SMILES string of the molecule is CN1Cc2cc(N3CCCC3)ccc2N(C)C1=O. The molecule has 0 spiro atoms. The van der Waals surface area contributed by atoms with Gasteiger partial charge in [0.15, 0.2) is 0 Å². The highest BCUT2D eigenvalue weighted by Crippen LogP contribution is 2.31. The summed E-state index contributed by atoms with van der Waals surface area (Å²) in [5.74, 6) is 0. The fraction of sp³-hybridized carbons (Fsp3) is 0.500. The Morgan fingerprint density at radius 2 is 1.83 bits per heavy atom. The molecule has 2 amide bonds. The number of urea groups is 1. The first-order valence-electron chi connectivity index (χ1n) is 6.53.